The lowest BCUT2D eigenvalue weighted by molar-refractivity contribution is 0.257. The largest absolute Gasteiger partial charge is 0.366 e. The van der Waals surface area contributed by atoms with Crippen molar-refractivity contribution in [3.8, 4) is 0 Å². The Morgan fingerprint density at radius 1 is 1.21 bits per heavy atom. The Morgan fingerprint density at radius 3 is 2.58 bits per heavy atom. The second kappa shape index (κ2) is 6.87. The molecule has 1 fully saturated rings. The number of nitrogens with one attached hydrogen (secondary N) is 1. The standard InChI is InChI=1S/C15H24FN3/c1-3-7-18-8-10-19(11-9-18)15-13(12-17-2)5-4-6-14(15)16/h4-6,17H,3,7-12H2,1-2H3. The van der Waals surface area contributed by atoms with Crippen molar-refractivity contribution in [2.24, 2.45) is 0 Å². The fourth-order valence-electron chi connectivity index (χ4n) is 2.76. The monoisotopic (exact) mass is 265 g/mol. The van der Waals surface area contributed by atoms with Crippen molar-refractivity contribution in [1.82, 2.24) is 10.2 Å². The number of nitrogens with zero attached hydrogens (tertiary/aromatic N) is 2. The molecule has 0 unspecified atom stereocenters. The quantitative estimate of drug-likeness (QED) is 0.879. The number of anilines is 1. The van der Waals surface area contributed by atoms with Gasteiger partial charge in [-0.1, -0.05) is 19.1 Å². The van der Waals surface area contributed by atoms with E-state index in [1.165, 1.54) is 6.42 Å². The zero-order valence-corrected chi connectivity index (χ0v) is 12.0. The molecular weight excluding hydrogens is 241 g/mol. The van der Waals surface area contributed by atoms with Crippen molar-refractivity contribution in [3.63, 3.8) is 0 Å². The molecular formula is C15H24FN3. The van der Waals surface area contributed by atoms with Crippen LogP contribution in [0.5, 0.6) is 0 Å². The predicted molar refractivity (Wildman–Crippen MR) is 78.1 cm³/mol. The summed E-state index contributed by atoms with van der Waals surface area (Å²) in [5, 5.41) is 3.12. The summed E-state index contributed by atoms with van der Waals surface area (Å²) in [6.45, 7) is 7.95. The van der Waals surface area contributed by atoms with E-state index in [0.717, 1.165) is 44.0 Å². The van der Waals surface area contributed by atoms with Crippen LogP contribution in [-0.4, -0.2) is 44.7 Å². The highest BCUT2D eigenvalue weighted by Gasteiger charge is 2.21. The van der Waals surface area contributed by atoms with Gasteiger partial charge in [0.2, 0.25) is 0 Å². The summed E-state index contributed by atoms with van der Waals surface area (Å²) < 4.78 is 14.1. The first-order valence-electron chi connectivity index (χ1n) is 7.15. The molecule has 1 aromatic rings. The second-order valence-electron chi connectivity index (χ2n) is 5.11. The Hall–Kier alpha value is -1.13. The Balaban J connectivity index is 2.10. The molecule has 1 saturated heterocycles. The predicted octanol–water partition coefficient (Wildman–Crippen LogP) is 2.08. The summed E-state index contributed by atoms with van der Waals surface area (Å²) in [6, 6.07) is 5.36. The number of halogens is 1. The Bertz CT molecular complexity index is 400. The van der Waals surface area contributed by atoms with E-state index in [0.29, 0.717) is 6.54 Å². The molecule has 0 spiro atoms. The molecule has 1 aromatic carbocycles. The van der Waals surface area contributed by atoms with E-state index in [1.54, 1.807) is 12.1 Å². The van der Waals surface area contributed by atoms with Gasteiger partial charge < -0.3 is 10.2 Å². The molecule has 1 aliphatic rings. The van der Waals surface area contributed by atoms with Crippen LogP contribution < -0.4 is 10.2 Å². The van der Waals surface area contributed by atoms with Crippen LogP contribution in [0.15, 0.2) is 18.2 Å². The topological polar surface area (TPSA) is 18.5 Å². The smallest absolute Gasteiger partial charge is 0.146 e. The average molecular weight is 265 g/mol. The van der Waals surface area contributed by atoms with Gasteiger partial charge in [0.05, 0.1) is 5.69 Å². The minimum atomic E-state index is -0.100. The molecule has 4 heteroatoms. The summed E-state index contributed by atoms with van der Waals surface area (Å²) >= 11 is 0. The summed E-state index contributed by atoms with van der Waals surface area (Å²) in [7, 11) is 1.90. The molecule has 3 nitrogen and oxygen atoms in total. The summed E-state index contributed by atoms with van der Waals surface area (Å²) in [6.07, 6.45) is 1.19. The van der Waals surface area contributed by atoms with Gasteiger partial charge in [-0.3, -0.25) is 4.90 Å². The third-order valence-electron chi connectivity index (χ3n) is 3.67. The number of rotatable bonds is 5. The first kappa shape index (κ1) is 14.3. The molecule has 1 heterocycles. The SMILES string of the molecule is CCCN1CCN(c2c(F)cccc2CNC)CC1. The van der Waals surface area contributed by atoms with E-state index in [2.05, 4.69) is 22.0 Å². The molecule has 0 radical (unpaired) electrons. The molecule has 0 atom stereocenters. The molecule has 106 valence electrons. The third kappa shape index (κ3) is 3.45. The highest BCUT2D eigenvalue weighted by Crippen LogP contribution is 2.25. The zero-order valence-electron chi connectivity index (χ0n) is 12.0. The van der Waals surface area contributed by atoms with Gasteiger partial charge in [-0.25, -0.2) is 4.39 Å². The van der Waals surface area contributed by atoms with Gasteiger partial charge >= 0.3 is 0 Å². The number of piperazine rings is 1. The zero-order chi connectivity index (χ0) is 13.7. The third-order valence-corrected chi connectivity index (χ3v) is 3.67. The van der Waals surface area contributed by atoms with Gasteiger partial charge in [0.15, 0.2) is 0 Å². The van der Waals surface area contributed by atoms with E-state index >= 15 is 0 Å². The van der Waals surface area contributed by atoms with Crippen LogP contribution in [0.2, 0.25) is 0 Å². The van der Waals surface area contributed by atoms with Gasteiger partial charge in [-0.05, 0) is 31.6 Å². The fourth-order valence-corrected chi connectivity index (χ4v) is 2.76. The highest BCUT2D eigenvalue weighted by atomic mass is 19.1. The molecule has 2 rings (SSSR count). The molecule has 0 aliphatic carbocycles. The van der Waals surface area contributed by atoms with Crippen LogP contribution in [0, 0.1) is 5.82 Å². The molecule has 1 N–H and O–H groups in total. The van der Waals surface area contributed by atoms with Gasteiger partial charge in [-0.15, -0.1) is 0 Å². The summed E-state index contributed by atoms with van der Waals surface area (Å²) in [5.74, 6) is -0.100. The van der Waals surface area contributed by atoms with Crippen molar-refractivity contribution in [1.29, 1.82) is 0 Å². The lowest BCUT2D eigenvalue weighted by Gasteiger charge is -2.37. The van der Waals surface area contributed by atoms with Gasteiger partial charge in [0.1, 0.15) is 5.82 Å². The van der Waals surface area contributed by atoms with Crippen LogP contribution in [0.3, 0.4) is 0 Å². The van der Waals surface area contributed by atoms with Crippen molar-refractivity contribution in [2.75, 3.05) is 44.7 Å². The molecule has 1 aliphatic heterocycles. The number of para-hydroxylation sites is 1. The van der Waals surface area contributed by atoms with E-state index in [1.807, 2.05) is 13.1 Å². The van der Waals surface area contributed by atoms with Gasteiger partial charge in [-0.2, -0.15) is 0 Å². The van der Waals surface area contributed by atoms with Crippen molar-refractivity contribution >= 4 is 5.69 Å². The van der Waals surface area contributed by atoms with E-state index < -0.39 is 0 Å². The normalized spacial score (nSPS) is 16.9. The fraction of sp³-hybridized carbons (Fsp3) is 0.600. The second-order valence-corrected chi connectivity index (χ2v) is 5.11. The average Bonchev–Trinajstić information content (AvgIpc) is 2.41. The van der Waals surface area contributed by atoms with Gasteiger partial charge in [0, 0.05) is 32.7 Å². The van der Waals surface area contributed by atoms with Crippen molar-refractivity contribution < 1.29 is 4.39 Å². The number of benzene rings is 1. The Kier molecular flexibility index (Phi) is 5.16. The Labute approximate surface area is 115 Å². The van der Waals surface area contributed by atoms with Crippen LogP contribution in [0.25, 0.3) is 0 Å². The maximum atomic E-state index is 14.1. The minimum Gasteiger partial charge on any atom is -0.366 e. The molecule has 0 saturated carbocycles. The van der Waals surface area contributed by atoms with Crippen LogP contribution >= 0.6 is 0 Å². The maximum absolute atomic E-state index is 14.1. The lowest BCUT2D eigenvalue weighted by Crippen LogP contribution is -2.47. The lowest BCUT2D eigenvalue weighted by atomic mass is 10.1. The van der Waals surface area contributed by atoms with Crippen molar-refractivity contribution in [3.05, 3.63) is 29.6 Å². The van der Waals surface area contributed by atoms with Crippen molar-refractivity contribution in [2.45, 2.75) is 19.9 Å². The van der Waals surface area contributed by atoms with Crippen LogP contribution in [0.4, 0.5) is 10.1 Å². The van der Waals surface area contributed by atoms with E-state index in [-0.39, 0.29) is 5.82 Å². The molecule has 0 amide bonds. The van der Waals surface area contributed by atoms with Crippen LogP contribution in [0.1, 0.15) is 18.9 Å². The first-order chi connectivity index (χ1) is 9.26. The van der Waals surface area contributed by atoms with E-state index in [9.17, 15) is 4.39 Å². The number of hydrogen-bond acceptors (Lipinski definition) is 3. The number of hydrogen-bond donors (Lipinski definition) is 1. The summed E-state index contributed by atoms with van der Waals surface area (Å²) in [4.78, 5) is 4.64. The molecule has 0 aromatic heterocycles. The van der Waals surface area contributed by atoms with Gasteiger partial charge in [0.25, 0.3) is 0 Å². The first-order valence-corrected chi connectivity index (χ1v) is 7.15. The Morgan fingerprint density at radius 2 is 1.95 bits per heavy atom. The maximum Gasteiger partial charge on any atom is 0.146 e. The molecule has 19 heavy (non-hydrogen) atoms. The van der Waals surface area contributed by atoms with Crippen LogP contribution in [-0.2, 0) is 6.54 Å². The van der Waals surface area contributed by atoms with E-state index in [4.69, 9.17) is 0 Å². The minimum absolute atomic E-state index is 0.100. The highest BCUT2D eigenvalue weighted by molar-refractivity contribution is 5.55. The molecule has 0 bridgehead atoms. The summed E-state index contributed by atoms with van der Waals surface area (Å²) in [5.41, 5.74) is 1.83.